The van der Waals surface area contributed by atoms with Gasteiger partial charge in [-0.1, -0.05) is 6.42 Å². The van der Waals surface area contributed by atoms with Crippen LogP contribution in [0.2, 0.25) is 0 Å². The molecule has 206 valence electrons. The van der Waals surface area contributed by atoms with Crippen molar-refractivity contribution in [3.63, 3.8) is 0 Å². The monoisotopic (exact) mass is 516 g/mol. The number of unbranched alkanes of at least 4 members (excludes halogenated alkanes) is 1. The molecule has 1 aromatic carbocycles. The zero-order chi connectivity index (χ0) is 27.2. The highest BCUT2D eigenvalue weighted by atomic mass is 16.6. The van der Waals surface area contributed by atoms with Gasteiger partial charge in [0.15, 0.2) is 0 Å². The number of amides is 2. The first-order valence-electron chi connectivity index (χ1n) is 13.6. The van der Waals surface area contributed by atoms with E-state index < -0.39 is 17.2 Å². The molecule has 2 amide bonds. The molecular weight excluding hydrogens is 472 g/mol. The molecule has 0 atom stereocenters. The number of nitrogens with zero attached hydrogens (tertiary/aromatic N) is 2. The van der Waals surface area contributed by atoms with Gasteiger partial charge in [0, 0.05) is 25.2 Å². The van der Waals surface area contributed by atoms with Crippen LogP contribution < -0.4 is 4.74 Å². The van der Waals surface area contributed by atoms with Gasteiger partial charge in [-0.3, -0.25) is 9.59 Å². The molecular formula is C29H44N2O6. The van der Waals surface area contributed by atoms with Gasteiger partial charge in [0.2, 0.25) is 0 Å². The highest BCUT2D eigenvalue weighted by molar-refractivity contribution is 5.98. The predicted octanol–water partition coefficient (Wildman–Crippen LogP) is 5.22. The molecule has 2 aliphatic heterocycles. The fourth-order valence-electron chi connectivity index (χ4n) is 4.74. The van der Waals surface area contributed by atoms with Crippen LogP contribution in [0.5, 0.6) is 5.75 Å². The van der Waals surface area contributed by atoms with Gasteiger partial charge in [0.25, 0.3) is 5.91 Å². The summed E-state index contributed by atoms with van der Waals surface area (Å²) in [7, 11) is 0. The highest BCUT2D eigenvalue weighted by Crippen LogP contribution is 2.26. The molecule has 8 nitrogen and oxygen atoms in total. The number of carbonyl (C=O) groups excluding carboxylic acids is 3. The largest absolute Gasteiger partial charge is 0.494 e. The first-order valence-corrected chi connectivity index (χ1v) is 13.6. The molecule has 0 radical (unpaired) electrons. The van der Waals surface area contributed by atoms with E-state index in [2.05, 4.69) is 0 Å². The third-order valence-corrected chi connectivity index (χ3v) is 6.53. The second-order valence-electron chi connectivity index (χ2n) is 12.1. The van der Waals surface area contributed by atoms with E-state index in [0.29, 0.717) is 31.1 Å². The molecule has 1 fully saturated rings. The number of likely N-dealkylation sites (tertiary alicyclic amines) is 1. The predicted molar refractivity (Wildman–Crippen MR) is 142 cm³/mol. The Hall–Kier alpha value is -2.77. The quantitative estimate of drug-likeness (QED) is 0.348. The Morgan fingerprint density at radius 2 is 1.62 bits per heavy atom. The third-order valence-electron chi connectivity index (χ3n) is 6.53. The average Bonchev–Trinajstić information content (AvgIpc) is 2.79. The maximum atomic E-state index is 12.8. The Labute approximate surface area is 221 Å². The van der Waals surface area contributed by atoms with Crippen molar-refractivity contribution in [3.05, 3.63) is 29.3 Å². The minimum Gasteiger partial charge on any atom is -0.494 e. The first kappa shape index (κ1) is 28.8. The van der Waals surface area contributed by atoms with E-state index in [0.717, 1.165) is 56.5 Å². The van der Waals surface area contributed by atoms with Gasteiger partial charge in [0.05, 0.1) is 6.61 Å². The van der Waals surface area contributed by atoms with Crippen LogP contribution in [0.3, 0.4) is 0 Å². The van der Waals surface area contributed by atoms with Gasteiger partial charge in [-0.05, 0) is 103 Å². The van der Waals surface area contributed by atoms with E-state index in [1.165, 1.54) is 0 Å². The highest BCUT2D eigenvalue weighted by Gasteiger charge is 2.29. The van der Waals surface area contributed by atoms with Crippen molar-refractivity contribution >= 4 is 18.0 Å². The molecule has 37 heavy (non-hydrogen) atoms. The molecule has 0 unspecified atom stereocenters. The maximum absolute atomic E-state index is 12.8. The third kappa shape index (κ3) is 9.24. The molecule has 2 heterocycles. The van der Waals surface area contributed by atoms with Crippen LogP contribution in [0.4, 0.5) is 4.79 Å². The van der Waals surface area contributed by atoms with Gasteiger partial charge in [-0.25, -0.2) is 4.79 Å². The lowest BCUT2D eigenvalue weighted by molar-refractivity contribution is -0.155. The van der Waals surface area contributed by atoms with E-state index in [1.807, 2.05) is 58.6 Å². The van der Waals surface area contributed by atoms with Crippen molar-refractivity contribution in [1.29, 1.82) is 0 Å². The number of fused-ring (bicyclic) bond motifs is 1. The SMILES string of the molecule is CC(C)(C)OC(=O)CN1CCc2cc(OCCCCC3CCN(C(=O)OC(C)(C)C)CC3)ccc2C1=O. The zero-order valence-corrected chi connectivity index (χ0v) is 23.4. The standard InChI is InChI=1S/C29H44N2O6/c1-28(2,3)36-25(32)20-31-17-14-22-19-23(10-11-24(22)26(31)33)35-18-8-7-9-21-12-15-30(16-13-21)27(34)37-29(4,5)6/h10-11,19,21H,7-9,12-18,20H2,1-6H3. The van der Waals surface area contributed by atoms with Crippen LogP contribution in [0.1, 0.15) is 89.6 Å². The van der Waals surface area contributed by atoms with Crippen molar-refractivity contribution in [3.8, 4) is 5.75 Å². The molecule has 0 N–H and O–H groups in total. The first-order chi connectivity index (χ1) is 17.3. The Morgan fingerprint density at radius 1 is 0.946 bits per heavy atom. The summed E-state index contributed by atoms with van der Waals surface area (Å²) in [6, 6.07) is 5.58. The Kier molecular flexibility index (Phi) is 9.48. The summed E-state index contributed by atoms with van der Waals surface area (Å²) < 4.78 is 16.8. The smallest absolute Gasteiger partial charge is 0.410 e. The molecule has 0 saturated carbocycles. The molecule has 1 aromatic rings. The molecule has 8 heteroatoms. The minimum absolute atomic E-state index is 0.0339. The van der Waals surface area contributed by atoms with Gasteiger partial charge in [0.1, 0.15) is 23.5 Å². The number of piperidine rings is 1. The Morgan fingerprint density at radius 3 is 2.27 bits per heavy atom. The molecule has 0 aromatic heterocycles. The molecule has 0 spiro atoms. The van der Waals surface area contributed by atoms with Crippen LogP contribution in [-0.4, -0.2) is 71.8 Å². The van der Waals surface area contributed by atoms with Crippen LogP contribution in [0.15, 0.2) is 18.2 Å². The number of hydrogen-bond donors (Lipinski definition) is 0. The fourth-order valence-corrected chi connectivity index (χ4v) is 4.74. The lowest BCUT2D eigenvalue weighted by atomic mass is 9.92. The van der Waals surface area contributed by atoms with Crippen molar-refractivity contribution in [2.24, 2.45) is 5.92 Å². The number of rotatable bonds is 8. The van der Waals surface area contributed by atoms with E-state index >= 15 is 0 Å². The molecule has 0 aliphatic carbocycles. The summed E-state index contributed by atoms with van der Waals surface area (Å²) >= 11 is 0. The van der Waals surface area contributed by atoms with Crippen molar-refractivity contribution in [2.75, 3.05) is 32.8 Å². The average molecular weight is 517 g/mol. The van der Waals surface area contributed by atoms with E-state index in [1.54, 1.807) is 11.0 Å². The minimum atomic E-state index is -0.570. The Balaban J connectivity index is 1.36. The van der Waals surface area contributed by atoms with Crippen LogP contribution in [-0.2, 0) is 20.7 Å². The van der Waals surface area contributed by atoms with Crippen LogP contribution >= 0.6 is 0 Å². The van der Waals surface area contributed by atoms with Gasteiger partial charge in [-0.15, -0.1) is 0 Å². The summed E-state index contributed by atoms with van der Waals surface area (Å²) in [5, 5.41) is 0. The second-order valence-corrected chi connectivity index (χ2v) is 12.1. The summed E-state index contributed by atoms with van der Waals surface area (Å²) in [5.74, 6) is 0.879. The summed E-state index contributed by atoms with van der Waals surface area (Å²) in [4.78, 5) is 40.6. The fraction of sp³-hybridized carbons (Fsp3) is 0.690. The van der Waals surface area contributed by atoms with Crippen molar-refractivity contribution in [1.82, 2.24) is 9.80 Å². The maximum Gasteiger partial charge on any atom is 0.410 e. The molecule has 3 rings (SSSR count). The number of benzene rings is 1. The van der Waals surface area contributed by atoms with E-state index in [9.17, 15) is 14.4 Å². The van der Waals surface area contributed by atoms with Gasteiger partial charge < -0.3 is 24.0 Å². The number of esters is 1. The van der Waals surface area contributed by atoms with Crippen molar-refractivity contribution in [2.45, 2.75) is 91.3 Å². The lowest BCUT2D eigenvalue weighted by Crippen LogP contribution is -2.42. The zero-order valence-electron chi connectivity index (χ0n) is 23.4. The van der Waals surface area contributed by atoms with Crippen LogP contribution in [0, 0.1) is 5.92 Å². The molecule has 1 saturated heterocycles. The van der Waals surface area contributed by atoms with Crippen LogP contribution in [0.25, 0.3) is 0 Å². The normalized spacial score (nSPS) is 16.9. The van der Waals surface area contributed by atoms with Gasteiger partial charge >= 0.3 is 12.1 Å². The number of hydrogen-bond acceptors (Lipinski definition) is 6. The van der Waals surface area contributed by atoms with Gasteiger partial charge in [-0.2, -0.15) is 0 Å². The summed E-state index contributed by atoms with van der Waals surface area (Å²) in [6.45, 7) is 13.7. The molecule has 0 bridgehead atoms. The number of carbonyl (C=O) groups is 3. The lowest BCUT2D eigenvalue weighted by Gasteiger charge is -2.33. The second kappa shape index (κ2) is 12.2. The van der Waals surface area contributed by atoms with E-state index in [4.69, 9.17) is 14.2 Å². The molecule has 2 aliphatic rings. The topological polar surface area (TPSA) is 85.4 Å². The Bertz CT molecular complexity index is 954. The number of ether oxygens (including phenoxy) is 3. The van der Waals surface area contributed by atoms with E-state index in [-0.39, 0.29) is 18.5 Å². The van der Waals surface area contributed by atoms with Crippen molar-refractivity contribution < 1.29 is 28.6 Å². The summed E-state index contributed by atoms with van der Waals surface area (Å²) in [6.07, 6.45) is 5.70. The summed E-state index contributed by atoms with van der Waals surface area (Å²) in [5.41, 5.74) is 0.558.